The van der Waals surface area contributed by atoms with E-state index in [2.05, 4.69) is 20.6 Å². The summed E-state index contributed by atoms with van der Waals surface area (Å²) in [5.41, 5.74) is 2.63. The summed E-state index contributed by atoms with van der Waals surface area (Å²) in [4.78, 5) is 12.9. The molecule has 0 radical (unpaired) electrons. The molecule has 0 fully saturated rings. The summed E-state index contributed by atoms with van der Waals surface area (Å²) < 4.78 is 1.77. The van der Waals surface area contributed by atoms with Crippen LogP contribution in [0.1, 0.15) is 18.3 Å². The van der Waals surface area contributed by atoms with Gasteiger partial charge in [0.1, 0.15) is 5.01 Å². The molecule has 4 aromatic rings. The number of carbonyl (C=O) groups is 1. The fraction of sp³-hybridized carbons (Fsp3) is 0.100. The quantitative estimate of drug-likeness (QED) is 0.534. The third kappa shape index (κ3) is 3.78. The van der Waals surface area contributed by atoms with Gasteiger partial charge in [-0.1, -0.05) is 60.7 Å². The fourth-order valence-corrected chi connectivity index (χ4v) is 3.50. The van der Waals surface area contributed by atoms with E-state index in [1.54, 1.807) is 10.6 Å². The van der Waals surface area contributed by atoms with E-state index in [1.807, 2.05) is 61.5 Å². The molecule has 2 heterocycles. The Labute approximate surface area is 160 Å². The smallest absolute Gasteiger partial charge is 0.248 e. The summed E-state index contributed by atoms with van der Waals surface area (Å²) in [6, 6.07) is 17.3. The Bertz CT molecular complexity index is 1110. The van der Waals surface area contributed by atoms with Crippen LogP contribution >= 0.6 is 11.3 Å². The van der Waals surface area contributed by atoms with Gasteiger partial charge >= 0.3 is 0 Å². The summed E-state index contributed by atoms with van der Waals surface area (Å²) in [5.74, 6) is 0.658. The Morgan fingerprint density at radius 3 is 2.81 bits per heavy atom. The van der Waals surface area contributed by atoms with E-state index in [1.165, 1.54) is 17.4 Å². The van der Waals surface area contributed by atoms with Crippen molar-refractivity contribution in [1.82, 2.24) is 19.8 Å². The van der Waals surface area contributed by atoms with Crippen LogP contribution in [0.15, 0.2) is 60.7 Å². The van der Waals surface area contributed by atoms with Gasteiger partial charge in [0.25, 0.3) is 0 Å². The number of fused-ring (bicyclic) bond motifs is 1. The zero-order chi connectivity index (χ0) is 18.6. The first kappa shape index (κ1) is 17.1. The number of hydrogen-bond donors (Lipinski definition) is 1. The molecule has 0 aliphatic heterocycles. The second-order valence-corrected chi connectivity index (χ2v) is 6.84. The van der Waals surface area contributed by atoms with E-state index in [0.29, 0.717) is 0 Å². The highest BCUT2D eigenvalue weighted by Gasteiger charge is 2.12. The van der Waals surface area contributed by atoms with E-state index in [9.17, 15) is 4.79 Å². The lowest BCUT2D eigenvalue weighted by Crippen LogP contribution is -2.07. The molecule has 0 aliphatic rings. The molecule has 1 N–H and O–H groups in total. The van der Waals surface area contributed by atoms with Crippen LogP contribution in [0.4, 0.5) is 5.69 Å². The molecule has 134 valence electrons. The van der Waals surface area contributed by atoms with Crippen LogP contribution < -0.4 is 5.32 Å². The van der Waals surface area contributed by atoms with Gasteiger partial charge in [-0.15, -0.1) is 10.2 Å². The molecule has 7 heteroatoms. The zero-order valence-electron chi connectivity index (χ0n) is 14.7. The molecule has 6 nitrogen and oxygen atoms in total. The SMILES string of the molecule is CCc1nnc2sc(-c3cccc(NC(=O)/C=C/c4ccccc4)c3)nn12. The molecule has 1 amide bonds. The molecule has 0 unspecified atom stereocenters. The molecule has 0 saturated carbocycles. The molecule has 0 bridgehead atoms. The largest absolute Gasteiger partial charge is 0.322 e. The minimum Gasteiger partial charge on any atom is -0.322 e. The number of nitrogens with zero attached hydrogens (tertiary/aromatic N) is 4. The van der Waals surface area contributed by atoms with Gasteiger partial charge in [-0.25, -0.2) is 0 Å². The summed E-state index contributed by atoms with van der Waals surface area (Å²) in [6.45, 7) is 2.02. The van der Waals surface area contributed by atoms with E-state index < -0.39 is 0 Å². The zero-order valence-corrected chi connectivity index (χ0v) is 15.5. The monoisotopic (exact) mass is 375 g/mol. The highest BCUT2D eigenvalue weighted by molar-refractivity contribution is 7.19. The molecule has 27 heavy (non-hydrogen) atoms. The molecule has 0 aliphatic carbocycles. The molecule has 0 spiro atoms. The van der Waals surface area contributed by atoms with Crippen molar-refractivity contribution in [3.05, 3.63) is 72.1 Å². The first-order chi connectivity index (χ1) is 13.2. The van der Waals surface area contributed by atoms with Crippen LogP contribution in [-0.2, 0) is 11.2 Å². The minimum absolute atomic E-state index is 0.178. The Balaban J connectivity index is 1.52. The number of nitrogens with one attached hydrogen (secondary N) is 1. The molecular weight excluding hydrogens is 358 g/mol. The van der Waals surface area contributed by atoms with Crippen LogP contribution in [0.2, 0.25) is 0 Å². The van der Waals surface area contributed by atoms with Gasteiger partial charge in [-0.3, -0.25) is 4.79 Å². The number of rotatable bonds is 5. The average Bonchev–Trinajstić information content (AvgIpc) is 3.28. The predicted octanol–water partition coefficient (Wildman–Crippen LogP) is 4.07. The van der Waals surface area contributed by atoms with Crippen molar-refractivity contribution < 1.29 is 4.79 Å². The van der Waals surface area contributed by atoms with Crippen LogP contribution in [0, 0.1) is 0 Å². The van der Waals surface area contributed by atoms with Crippen molar-refractivity contribution in [3.63, 3.8) is 0 Å². The third-order valence-corrected chi connectivity index (χ3v) is 4.92. The molecule has 0 saturated heterocycles. The van der Waals surface area contributed by atoms with Crippen molar-refractivity contribution >= 4 is 34.0 Å². The topological polar surface area (TPSA) is 72.2 Å². The summed E-state index contributed by atoms with van der Waals surface area (Å²) in [5, 5.41) is 16.6. The van der Waals surface area contributed by atoms with E-state index >= 15 is 0 Å². The van der Waals surface area contributed by atoms with E-state index in [4.69, 9.17) is 0 Å². The second-order valence-electron chi connectivity index (χ2n) is 5.89. The minimum atomic E-state index is -0.178. The first-order valence-electron chi connectivity index (χ1n) is 8.58. The number of carbonyl (C=O) groups excluding carboxylic acids is 1. The fourth-order valence-electron chi connectivity index (χ4n) is 2.64. The van der Waals surface area contributed by atoms with Crippen molar-refractivity contribution in [2.24, 2.45) is 0 Å². The lowest BCUT2D eigenvalue weighted by molar-refractivity contribution is -0.111. The normalized spacial score (nSPS) is 11.3. The van der Waals surface area contributed by atoms with Crippen LogP contribution in [0.25, 0.3) is 21.6 Å². The Kier molecular flexibility index (Phi) is 4.76. The lowest BCUT2D eigenvalue weighted by atomic mass is 10.2. The molecular formula is C20H17N5OS. The Morgan fingerprint density at radius 2 is 2.00 bits per heavy atom. The van der Waals surface area contributed by atoms with Gasteiger partial charge in [0.05, 0.1) is 0 Å². The van der Waals surface area contributed by atoms with Crippen molar-refractivity contribution in [1.29, 1.82) is 0 Å². The predicted molar refractivity (Wildman–Crippen MR) is 108 cm³/mol. The number of amides is 1. The van der Waals surface area contributed by atoms with E-state index in [-0.39, 0.29) is 5.91 Å². The third-order valence-electron chi connectivity index (χ3n) is 3.98. The number of benzene rings is 2. The highest BCUT2D eigenvalue weighted by Crippen LogP contribution is 2.27. The molecule has 2 aromatic carbocycles. The Morgan fingerprint density at radius 1 is 1.15 bits per heavy atom. The van der Waals surface area contributed by atoms with Gasteiger partial charge in [0.15, 0.2) is 5.82 Å². The number of hydrogen-bond acceptors (Lipinski definition) is 5. The standard InChI is InChI=1S/C20H17N5OS/c1-2-17-22-23-20-25(17)24-19(27-20)15-9-6-10-16(13-15)21-18(26)12-11-14-7-4-3-5-8-14/h3-13H,2H2,1H3,(H,21,26)/b12-11+. The molecule has 2 aromatic heterocycles. The number of aromatic nitrogens is 4. The number of anilines is 1. The van der Waals surface area contributed by atoms with Gasteiger partial charge in [0.2, 0.25) is 10.9 Å². The maximum Gasteiger partial charge on any atom is 0.248 e. The second kappa shape index (κ2) is 7.51. The van der Waals surface area contributed by atoms with Crippen molar-refractivity contribution in [2.75, 3.05) is 5.32 Å². The van der Waals surface area contributed by atoms with Crippen molar-refractivity contribution in [2.45, 2.75) is 13.3 Å². The maximum atomic E-state index is 12.2. The van der Waals surface area contributed by atoms with Gasteiger partial charge < -0.3 is 5.32 Å². The lowest BCUT2D eigenvalue weighted by Gasteiger charge is -2.04. The maximum absolute atomic E-state index is 12.2. The van der Waals surface area contributed by atoms with Crippen LogP contribution in [0.5, 0.6) is 0 Å². The van der Waals surface area contributed by atoms with E-state index in [0.717, 1.165) is 39.0 Å². The first-order valence-corrected chi connectivity index (χ1v) is 9.40. The summed E-state index contributed by atoms with van der Waals surface area (Å²) in [6.07, 6.45) is 4.08. The van der Waals surface area contributed by atoms with Crippen LogP contribution in [-0.4, -0.2) is 25.7 Å². The summed E-state index contributed by atoms with van der Waals surface area (Å²) in [7, 11) is 0. The van der Waals surface area contributed by atoms with Gasteiger partial charge in [-0.05, 0) is 23.8 Å². The number of aryl methyl sites for hydroxylation is 1. The average molecular weight is 375 g/mol. The molecule has 4 rings (SSSR count). The Hall–Kier alpha value is -3.32. The highest BCUT2D eigenvalue weighted by atomic mass is 32.1. The molecule has 0 atom stereocenters. The van der Waals surface area contributed by atoms with Gasteiger partial charge in [-0.2, -0.15) is 9.61 Å². The van der Waals surface area contributed by atoms with Crippen LogP contribution in [0.3, 0.4) is 0 Å². The van der Waals surface area contributed by atoms with Gasteiger partial charge in [0, 0.05) is 23.7 Å². The summed E-state index contributed by atoms with van der Waals surface area (Å²) >= 11 is 1.47. The van der Waals surface area contributed by atoms with Crippen molar-refractivity contribution in [3.8, 4) is 10.6 Å².